The van der Waals surface area contributed by atoms with E-state index in [0.717, 1.165) is 36.8 Å². The van der Waals surface area contributed by atoms with Crippen LogP contribution >= 0.6 is 0 Å². The largest absolute Gasteiger partial charge is 0.508 e. The maximum atomic E-state index is 13.5. The van der Waals surface area contributed by atoms with Crippen molar-refractivity contribution in [3.8, 4) is 5.75 Å². The molecule has 1 N–H and O–H groups in total. The van der Waals surface area contributed by atoms with Crippen LogP contribution in [0.15, 0.2) is 60.1 Å². The number of phenolic OH excluding ortho intramolecular Hbond substituents is 1. The summed E-state index contributed by atoms with van der Waals surface area (Å²) in [4.78, 5) is 32.6. The molecule has 1 fully saturated rings. The van der Waals surface area contributed by atoms with Gasteiger partial charge in [-0.05, 0) is 48.6 Å². The molecule has 3 heterocycles. The van der Waals surface area contributed by atoms with E-state index in [-0.39, 0.29) is 35.2 Å². The van der Waals surface area contributed by atoms with Crippen molar-refractivity contribution in [1.29, 1.82) is 0 Å². The minimum Gasteiger partial charge on any atom is -0.508 e. The lowest BCUT2D eigenvalue weighted by atomic mass is 9.77. The lowest BCUT2D eigenvalue weighted by Crippen LogP contribution is -2.39. The summed E-state index contributed by atoms with van der Waals surface area (Å²) in [5.41, 5.74) is 2.14. The molecule has 0 spiro atoms. The summed E-state index contributed by atoms with van der Waals surface area (Å²) in [5.74, 6) is -0.0339. The van der Waals surface area contributed by atoms with Crippen LogP contribution in [0.2, 0.25) is 0 Å². The van der Waals surface area contributed by atoms with Crippen LogP contribution in [0.3, 0.4) is 0 Å². The van der Waals surface area contributed by atoms with Crippen molar-refractivity contribution in [1.82, 2.24) is 9.88 Å². The summed E-state index contributed by atoms with van der Waals surface area (Å²) in [6.07, 6.45) is 6.86. The Morgan fingerprint density at radius 1 is 1.10 bits per heavy atom. The number of carbonyl (C=O) groups excluding carboxylic acids is 2. The van der Waals surface area contributed by atoms with Crippen molar-refractivity contribution < 1.29 is 19.4 Å². The van der Waals surface area contributed by atoms with Gasteiger partial charge in [0.1, 0.15) is 11.9 Å². The van der Waals surface area contributed by atoms with Gasteiger partial charge >= 0.3 is 0 Å². The van der Waals surface area contributed by atoms with Gasteiger partial charge in [-0.3, -0.25) is 14.6 Å². The fourth-order valence-electron chi connectivity index (χ4n) is 4.75. The molecule has 0 bridgehead atoms. The molecule has 0 saturated heterocycles. The number of amides is 1. The number of ketones is 1. The average Bonchev–Trinajstić information content (AvgIpc) is 3.02. The number of fused-ring (bicyclic) bond motifs is 1. The lowest BCUT2D eigenvalue weighted by molar-refractivity contribution is -0.135. The second-order valence-corrected chi connectivity index (χ2v) is 7.94. The van der Waals surface area contributed by atoms with Gasteiger partial charge in [-0.2, -0.15) is 0 Å². The Kier molecular flexibility index (Phi) is 4.34. The van der Waals surface area contributed by atoms with Crippen LogP contribution in [-0.4, -0.2) is 32.8 Å². The van der Waals surface area contributed by atoms with E-state index in [0.29, 0.717) is 12.1 Å². The first-order valence-electron chi connectivity index (χ1n) is 10.1. The number of hydrogen-bond donors (Lipinski definition) is 1. The third kappa shape index (κ3) is 2.99. The first-order valence-corrected chi connectivity index (χ1v) is 10.1. The number of rotatable bonds is 3. The Balaban J connectivity index is 1.58. The highest BCUT2D eigenvalue weighted by atomic mass is 16.5. The van der Waals surface area contributed by atoms with Crippen LogP contribution in [0.25, 0.3) is 0 Å². The van der Waals surface area contributed by atoms with Crippen molar-refractivity contribution in [2.45, 2.75) is 44.4 Å². The van der Waals surface area contributed by atoms with E-state index < -0.39 is 6.04 Å². The normalized spacial score (nSPS) is 26.2. The number of nitrogens with zero attached hydrogens (tertiary/aromatic N) is 2. The Bertz CT molecular complexity index is 984. The molecule has 3 aliphatic rings. The molecule has 1 aromatic carbocycles. The molecule has 29 heavy (non-hydrogen) atoms. The highest BCUT2D eigenvalue weighted by molar-refractivity contribution is 6.11. The average molecular weight is 390 g/mol. The molecule has 1 amide bonds. The maximum Gasteiger partial charge on any atom is 0.290 e. The summed E-state index contributed by atoms with van der Waals surface area (Å²) in [7, 11) is 0. The molecule has 148 valence electrons. The number of aromatic hydroxyl groups is 1. The zero-order valence-corrected chi connectivity index (χ0v) is 16.0. The Morgan fingerprint density at radius 2 is 1.90 bits per heavy atom. The van der Waals surface area contributed by atoms with Crippen molar-refractivity contribution >= 4 is 11.7 Å². The van der Waals surface area contributed by atoms with Gasteiger partial charge in [0, 0.05) is 18.9 Å². The quantitative estimate of drug-likeness (QED) is 0.870. The van der Waals surface area contributed by atoms with E-state index in [4.69, 9.17) is 4.74 Å². The number of benzene rings is 1. The van der Waals surface area contributed by atoms with Gasteiger partial charge in [0.2, 0.25) is 0 Å². The molecule has 5 rings (SSSR count). The van der Waals surface area contributed by atoms with Gasteiger partial charge in [0.05, 0.1) is 17.5 Å². The number of pyridine rings is 1. The van der Waals surface area contributed by atoms with E-state index in [2.05, 4.69) is 4.98 Å². The minimum absolute atomic E-state index is 0.0380. The van der Waals surface area contributed by atoms with Gasteiger partial charge in [0.15, 0.2) is 11.5 Å². The Hall–Kier alpha value is -3.15. The summed E-state index contributed by atoms with van der Waals surface area (Å²) in [5, 5.41) is 9.70. The van der Waals surface area contributed by atoms with Crippen LogP contribution in [0, 0.1) is 5.92 Å². The van der Waals surface area contributed by atoms with E-state index >= 15 is 0 Å². The van der Waals surface area contributed by atoms with Crippen molar-refractivity contribution in [2.24, 2.45) is 5.92 Å². The Morgan fingerprint density at radius 3 is 2.66 bits per heavy atom. The second kappa shape index (κ2) is 7.03. The number of hydrogen-bond acceptors (Lipinski definition) is 5. The minimum atomic E-state index is -0.520. The second-order valence-electron chi connectivity index (χ2n) is 7.94. The molecule has 6 nitrogen and oxygen atoms in total. The molecule has 2 aromatic rings. The number of ether oxygens (including phenoxy) is 1. The fourth-order valence-corrected chi connectivity index (χ4v) is 4.75. The number of carbonyl (C=O) groups is 2. The smallest absolute Gasteiger partial charge is 0.290 e. The van der Waals surface area contributed by atoms with Crippen LogP contribution in [-0.2, 0) is 20.9 Å². The molecule has 3 atom stereocenters. The number of aromatic nitrogens is 1. The predicted octanol–water partition coefficient (Wildman–Crippen LogP) is 3.28. The van der Waals surface area contributed by atoms with Crippen molar-refractivity contribution in [2.75, 3.05) is 0 Å². The zero-order chi connectivity index (χ0) is 20.0. The van der Waals surface area contributed by atoms with E-state index in [1.165, 1.54) is 0 Å². The molecule has 6 heteroatoms. The lowest BCUT2D eigenvalue weighted by Gasteiger charge is -2.35. The molecule has 3 unspecified atom stereocenters. The number of phenols is 1. The van der Waals surface area contributed by atoms with Crippen LogP contribution < -0.4 is 0 Å². The summed E-state index contributed by atoms with van der Waals surface area (Å²) < 4.78 is 6.14. The summed E-state index contributed by atoms with van der Waals surface area (Å²) in [6.45, 7) is 0.331. The molecular formula is C23H22N2O4. The molecule has 2 aliphatic heterocycles. The SMILES string of the molecule is O=C1C2=C(OC3CCCCC13)C(=O)N(Cc1cccnc1)C2c1ccc(O)cc1. The monoisotopic (exact) mass is 390 g/mol. The van der Waals surface area contributed by atoms with Crippen molar-refractivity contribution in [3.63, 3.8) is 0 Å². The maximum absolute atomic E-state index is 13.5. The van der Waals surface area contributed by atoms with Crippen LogP contribution in [0.4, 0.5) is 0 Å². The van der Waals surface area contributed by atoms with E-state index in [9.17, 15) is 14.7 Å². The van der Waals surface area contributed by atoms with Crippen LogP contribution in [0.1, 0.15) is 42.9 Å². The molecule has 1 aliphatic carbocycles. The highest BCUT2D eigenvalue weighted by Gasteiger charge is 2.51. The first kappa shape index (κ1) is 17.9. The van der Waals surface area contributed by atoms with E-state index in [1.54, 1.807) is 41.6 Å². The Labute approximate surface area is 168 Å². The third-order valence-electron chi connectivity index (χ3n) is 6.14. The predicted molar refractivity (Wildman–Crippen MR) is 104 cm³/mol. The van der Waals surface area contributed by atoms with Gasteiger partial charge in [0.25, 0.3) is 5.91 Å². The standard InChI is InChI=1S/C23H22N2O4/c26-16-9-7-15(8-10-16)20-19-21(27)17-5-1-2-6-18(17)29-22(19)23(28)25(20)13-14-4-3-11-24-12-14/h3-4,7-12,17-18,20,26H,1-2,5-6,13H2. The molecule has 1 saturated carbocycles. The summed E-state index contributed by atoms with van der Waals surface area (Å²) >= 11 is 0. The van der Waals surface area contributed by atoms with Gasteiger partial charge in [-0.15, -0.1) is 0 Å². The van der Waals surface area contributed by atoms with Crippen LogP contribution in [0.5, 0.6) is 5.75 Å². The molecule has 0 radical (unpaired) electrons. The zero-order valence-electron chi connectivity index (χ0n) is 16.0. The summed E-state index contributed by atoms with van der Waals surface area (Å²) in [6, 6.07) is 9.91. The number of Topliss-reactive ketones (excluding diaryl/α,β-unsaturated/α-hetero) is 1. The topological polar surface area (TPSA) is 79.7 Å². The third-order valence-corrected chi connectivity index (χ3v) is 6.14. The van der Waals surface area contributed by atoms with Gasteiger partial charge < -0.3 is 14.7 Å². The molecule has 1 aromatic heterocycles. The molecular weight excluding hydrogens is 368 g/mol. The van der Waals surface area contributed by atoms with Gasteiger partial charge in [-0.1, -0.05) is 24.6 Å². The fraction of sp³-hybridized carbons (Fsp3) is 0.348. The van der Waals surface area contributed by atoms with Crippen molar-refractivity contribution in [3.05, 3.63) is 71.3 Å². The first-order chi connectivity index (χ1) is 14.1. The highest BCUT2D eigenvalue weighted by Crippen LogP contribution is 2.47. The van der Waals surface area contributed by atoms with E-state index in [1.807, 2.05) is 12.1 Å². The van der Waals surface area contributed by atoms with Gasteiger partial charge in [-0.25, -0.2) is 0 Å².